The van der Waals surface area contributed by atoms with Gasteiger partial charge in [0, 0.05) is 6.42 Å². The van der Waals surface area contributed by atoms with Gasteiger partial charge in [-0.25, -0.2) is 14.4 Å². The molecule has 2 rings (SSSR count). The molecule has 142 valence electrons. The highest BCUT2D eigenvalue weighted by molar-refractivity contribution is 6.02. The lowest BCUT2D eigenvalue weighted by molar-refractivity contribution is -0.188. The Balaban J connectivity index is 2.38. The second-order valence-corrected chi connectivity index (χ2v) is 6.33. The summed E-state index contributed by atoms with van der Waals surface area (Å²) in [6.07, 6.45) is -0.963. The zero-order valence-corrected chi connectivity index (χ0v) is 14.9. The van der Waals surface area contributed by atoms with E-state index < -0.39 is 29.6 Å². The van der Waals surface area contributed by atoms with Crippen molar-refractivity contribution in [3.05, 3.63) is 59.7 Å². The van der Waals surface area contributed by atoms with Crippen LogP contribution in [-0.2, 0) is 20.7 Å². The van der Waals surface area contributed by atoms with Gasteiger partial charge in [-0.2, -0.15) is 0 Å². The molecule has 0 atom stereocenters. The monoisotopic (exact) mass is 372 g/mol. The van der Waals surface area contributed by atoms with E-state index >= 15 is 0 Å². The zero-order chi connectivity index (χ0) is 20.2. The van der Waals surface area contributed by atoms with Crippen LogP contribution in [0.3, 0.4) is 0 Å². The molecule has 0 unspecified atom stereocenters. The Morgan fingerprint density at radius 3 is 1.96 bits per heavy atom. The molecule has 0 bridgehead atoms. The van der Waals surface area contributed by atoms with Crippen LogP contribution in [-0.4, -0.2) is 44.9 Å². The van der Waals surface area contributed by atoms with Crippen molar-refractivity contribution < 1.29 is 34.4 Å². The van der Waals surface area contributed by atoms with Gasteiger partial charge in [-0.05, 0) is 36.6 Å². The summed E-state index contributed by atoms with van der Waals surface area (Å²) >= 11 is 0. The molecule has 2 aromatic carbocycles. The summed E-state index contributed by atoms with van der Waals surface area (Å²) in [5.74, 6) is -4.22. The fraction of sp³-hybridized carbons (Fsp3) is 0.250. The van der Waals surface area contributed by atoms with E-state index in [0.29, 0.717) is 16.7 Å². The molecular weight excluding hydrogens is 352 g/mol. The van der Waals surface area contributed by atoms with Gasteiger partial charge in [0.05, 0.1) is 11.7 Å². The summed E-state index contributed by atoms with van der Waals surface area (Å²) in [5.41, 5.74) is -0.680. The van der Waals surface area contributed by atoms with Gasteiger partial charge >= 0.3 is 17.9 Å². The molecule has 7 heteroatoms. The smallest absolute Gasteiger partial charge is 0.348 e. The second kappa shape index (κ2) is 8.01. The van der Waals surface area contributed by atoms with Crippen LogP contribution in [0.1, 0.15) is 29.8 Å². The first-order valence-electron chi connectivity index (χ1n) is 8.23. The highest BCUT2D eigenvalue weighted by Gasteiger charge is 2.49. The number of aromatic carboxylic acids is 1. The van der Waals surface area contributed by atoms with Crippen molar-refractivity contribution in [1.82, 2.24) is 0 Å². The largest absolute Gasteiger partial charge is 0.479 e. The molecule has 0 aromatic heterocycles. The van der Waals surface area contributed by atoms with E-state index in [4.69, 9.17) is 4.74 Å². The van der Waals surface area contributed by atoms with Gasteiger partial charge in [-0.3, -0.25) is 0 Å². The van der Waals surface area contributed by atoms with Gasteiger partial charge in [0.2, 0.25) is 0 Å². The van der Waals surface area contributed by atoms with Gasteiger partial charge in [0.25, 0.3) is 5.60 Å². The molecule has 0 aliphatic rings. The molecule has 0 spiro atoms. The number of ether oxygens (including phenoxy) is 1. The predicted octanol–water partition coefficient (Wildman–Crippen LogP) is 2.93. The van der Waals surface area contributed by atoms with Crippen molar-refractivity contribution in [3.8, 4) is 11.1 Å². The van der Waals surface area contributed by atoms with Gasteiger partial charge in [-0.1, -0.05) is 42.5 Å². The van der Waals surface area contributed by atoms with Crippen molar-refractivity contribution in [1.29, 1.82) is 0 Å². The highest BCUT2D eigenvalue weighted by Crippen LogP contribution is 2.27. The van der Waals surface area contributed by atoms with Crippen LogP contribution in [0.4, 0.5) is 0 Å². The number of carbonyl (C=O) groups is 3. The third-order valence-electron chi connectivity index (χ3n) is 4.00. The van der Waals surface area contributed by atoms with E-state index in [-0.39, 0.29) is 12.0 Å². The normalized spacial score (nSPS) is 11.4. The summed E-state index contributed by atoms with van der Waals surface area (Å²) in [7, 11) is 0. The fourth-order valence-electron chi connectivity index (χ4n) is 2.80. The molecule has 0 heterocycles. The molecule has 0 fully saturated rings. The lowest BCUT2D eigenvalue weighted by Crippen LogP contribution is -2.52. The first-order valence-corrected chi connectivity index (χ1v) is 8.23. The van der Waals surface area contributed by atoms with Crippen LogP contribution in [0.5, 0.6) is 0 Å². The summed E-state index contributed by atoms with van der Waals surface area (Å²) < 4.78 is 5.25. The average molecular weight is 372 g/mol. The molecule has 0 amide bonds. The van der Waals surface area contributed by atoms with E-state index in [2.05, 4.69) is 0 Å². The Kier molecular flexibility index (Phi) is 5.97. The van der Waals surface area contributed by atoms with Crippen LogP contribution < -0.4 is 0 Å². The Morgan fingerprint density at radius 1 is 0.926 bits per heavy atom. The van der Waals surface area contributed by atoms with Crippen LogP contribution in [0.2, 0.25) is 0 Å². The van der Waals surface area contributed by atoms with Gasteiger partial charge in [0.1, 0.15) is 0 Å². The Hall–Kier alpha value is -3.19. The molecule has 0 saturated carbocycles. The van der Waals surface area contributed by atoms with E-state index in [1.165, 1.54) is 6.07 Å². The minimum Gasteiger partial charge on any atom is -0.479 e. The summed E-state index contributed by atoms with van der Waals surface area (Å²) in [5, 5.41) is 28.2. The average Bonchev–Trinajstić information content (AvgIpc) is 2.61. The number of rotatable bonds is 8. The molecule has 2 aromatic rings. The minimum atomic E-state index is -2.39. The van der Waals surface area contributed by atoms with Crippen molar-refractivity contribution >= 4 is 17.9 Å². The Labute approximate surface area is 155 Å². The van der Waals surface area contributed by atoms with Crippen molar-refractivity contribution in [2.45, 2.75) is 32.0 Å². The number of aliphatic carboxylic acids is 2. The van der Waals surface area contributed by atoms with Crippen LogP contribution >= 0.6 is 0 Å². The maximum atomic E-state index is 11.6. The number of carboxylic acids is 3. The quantitative estimate of drug-likeness (QED) is 0.609. The van der Waals surface area contributed by atoms with E-state index in [9.17, 15) is 29.7 Å². The van der Waals surface area contributed by atoms with Gasteiger partial charge in [-0.15, -0.1) is 0 Å². The van der Waals surface area contributed by atoms with Crippen molar-refractivity contribution in [2.75, 3.05) is 0 Å². The summed E-state index contributed by atoms with van der Waals surface area (Å²) in [6.45, 7) is 3.12. The fourth-order valence-corrected chi connectivity index (χ4v) is 2.80. The lowest BCUT2D eigenvalue weighted by Gasteiger charge is -2.27. The third-order valence-corrected chi connectivity index (χ3v) is 4.00. The molecule has 0 radical (unpaired) electrons. The van der Waals surface area contributed by atoms with Gasteiger partial charge < -0.3 is 20.1 Å². The molecule has 27 heavy (non-hydrogen) atoms. The third kappa shape index (κ3) is 4.32. The molecule has 0 aliphatic heterocycles. The predicted molar refractivity (Wildman–Crippen MR) is 96.8 cm³/mol. The van der Waals surface area contributed by atoms with Crippen molar-refractivity contribution in [2.24, 2.45) is 0 Å². The highest BCUT2D eigenvalue weighted by atomic mass is 16.6. The molecule has 7 nitrogen and oxygen atoms in total. The molecular formula is C20H20O7. The standard InChI is InChI=1S/C20H20O7/c1-12(2)27-20(18(23)24,19(25)26)11-13-7-9-14(10-8-13)15-5-3-4-6-16(15)17(21)22/h3-10,12H,11H2,1-2H3,(H,21,22)(H,23,24)(H,25,26). The molecule has 0 aliphatic carbocycles. The summed E-state index contributed by atoms with van der Waals surface area (Å²) in [4.78, 5) is 34.6. The van der Waals surface area contributed by atoms with Crippen LogP contribution in [0.15, 0.2) is 48.5 Å². The SMILES string of the molecule is CC(C)OC(Cc1ccc(-c2ccccc2C(=O)O)cc1)(C(=O)O)C(=O)O. The summed E-state index contributed by atoms with van der Waals surface area (Å²) in [6, 6.07) is 12.9. The number of benzene rings is 2. The Bertz CT molecular complexity index is 839. The van der Waals surface area contributed by atoms with Gasteiger partial charge in [0.15, 0.2) is 0 Å². The van der Waals surface area contributed by atoms with Crippen LogP contribution in [0, 0.1) is 0 Å². The minimum absolute atomic E-state index is 0.138. The number of hydrogen-bond acceptors (Lipinski definition) is 4. The lowest BCUT2D eigenvalue weighted by atomic mass is 9.92. The van der Waals surface area contributed by atoms with Crippen molar-refractivity contribution in [3.63, 3.8) is 0 Å². The number of carboxylic acid groups (broad SMARTS) is 3. The van der Waals surface area contributed by atoms with Crippen LogP contribution in [0.25, 0.3) is 11.1 Å². The maximum absolute atomic E-state index is 11.6. The number of hydrogen-bond donors (Lipinski definition) is 3. The maximum Gasteiger partial charge on any atom is 0.348 e. The molecule has 3 N–H and O–H groups in total. The zero-order valence-electron chi connectivity index (χ0n) is 14.9. The topological polar surface area (TPSA) is 121 Å². The van der Waals surface area contributed by atoms with E-state index in [0.717, 1.165) is 0 Å². The molecule has 0 saturated heterocycles. The first-order chi connectivity index (χ1) is 12.7. The van der Waals surface area contributed by atoms with E-state index in [1.807, 2.05) is 0 Å². The second-order valence-electron chi connectivity index (χ2n) is 6.33. The first kappa shape index (κ1) is 20.1. The Morgan fingerprint density at radius 2 is 1.48 bits per heavy atom. The van der Waals surface area contributed by atoms with E-state index in [1.54, 1.807) is 56.3 Å².